The SMILES string of the molecule is CC(C)(C)OC(=O)C1CCc2cc(O)ccc2NC1. The summed E-state index contributed by atoms with van der Waals surface area (Å²) in [4.78, 5) is 12.1. The van der Waals surface area contributed by atoms with Crippen molar-refractivity contribution in [1.82, 2.24) is 0 Å². The Bertz CT molecular complexity index is 477. The van der Waals surface area contributed by atoms with Gasteiger partial charge in [-0.25, -0.2) is 0 Å². The van der Waals surface area contributed by atoms with Gasteiger partial charge in [0.15, 0.2) is 0 Å². The molecule has 4 nitrogen and oxygen atoms in total. The van der Waals surface area contributed by atoms with Gasteiger partial charge in [-0.3, -0.25) is 4.79 Å². The summed E-state index contributed by atoms with van der Waals surface area (Å²) in [5.41, 5.74) is 1.59. The average Bonchev–Trinajstić information content (AvgIpc) is 2.48. The molecule has 2 rings (SSSR count). The number of esters is 1. The van der Waals surface area contributed by atoms with E-state index >= 15 is 0 Å². The van der Waals surface area contributed by atoms with E-state index in [1.54, 1.807) is 12.1 Å². The highest BCUT2D eigenvalue weighted by atomic mass is 16.6. The number of fused-ring (bicyclic) bond motifs is 1. The van der Waals surface area contributed by atoms with Gasteiger partial charge >= 0.3 is 5.97 Å². The molecule has 1 aliphatic rings. The van der Waals surface area contributed by atoms with Crippen molar-refractivity contribution in [3.05, 3.63) is 23.8 Å². The first-order chi connectivity index (χ1) is 8.85. The van der Waals surface area contributed by atoms with Gasteiger partial charge in [0.2, 0.25) is 0 Å². The highest BCUT2D eigenvalue weighted by molar-refractivity contribution is 5.74. The monoisotopic (exact) mass is 263 g/mol. The number of anilines is 1. The molecule has 0 aliphatic carbocycles. The molecular formula is C15H21NO3. The molecule has 0 fully saturated rings. The lowest BCUT2D eigenvalue weighted by Gasteiger charge is -2.23. The van der Waals surface area contributed by atoms with Gasteiger partial charge < -0.3 is 15.2 Å². The van der Waals surface area contributed by atoms with Crippen LogP contribution >= 0.6 is 0 Å². The molecular weight excluding hydrogens is 242 g/mol. The van der Waals surface area contributed by atoms with Crippen LogP contribution in [0.2, 0.25) is 0 Å². The fourth-order valence-electron chi connectivity index (χ4n) is 2.21. The number of benzene rings is 1. The molecule has 1 atom stereocenters. The predicted octanol–water partition coefficient (Wildman–Crippen LogP) is 2.71. The van der Waals surface area contributed by atoms with Crippen molar-refractivity contribution >= 4 is 11.7 Å². The van der Waals surface area contributed by atoms with E-state index in [4.69, 9.17) is 4.74 Å². The molecule has 0 aromatic heterocycles. The van der Waals surface area contributed by atoms with Crippen molar-refractivity contribution in [3.8, 4) is 5.75 Å². The first-order valence-electron chi connectivity index (χ1n) is 6.64. The normalized spacial score (nSPS) is 19.0. The lowest BCUT2D eigenvalue weighted by atomic mass is 10.0. The van der Waals surface area contributed by atoms with E-state index in [9.17, 15) is 9.90 Å². The molecule has 1 heterocycles. The summed E-state index contributed by atoms with van der Waals surface area (Å²) >= 11 is 0. The number of hydrogen-bond acceptors (Lipinski definition) is 4. The maximum atomic E-state index is 12.1. The number of phenols is 1. The molecule has 0 spiro atoms. The maximum Gasteiger partial charge on any atom is 0.311 e. The summed E-state index contributed by atoms with van der Waals surface area (Å²) in [6.07, 6.45) is 1.50. The van der Waals surface area contributed by atoms with E-state index in [0.29, 0.717) is 6.54 Å². The minimum Gasteiger partial charge on any atom is -0.508 e. The molecule has 1 aliphatic heterocycles. The highest BCUT2D eigenvalue weighted by Gasteiger charge is 2.27. The Kier molecular flexibility index (Phi) is 3.69. The van der Waals surface area contributed by atoms with Gasteiger partial charge in [0, 0.05) is 12.2 Å². The zero-order valence-electron chi connectivity index (χ0n) is 11.7. The lowest BCUT2D eigenvalue weighted by molar-refractivity contribution is -0.159. The van der Waals surface area contributed by atoms with Crippen LogP contribution in [0.15, 0.2) is 18.2 Å². The van der Waals surface area contributed by atoms with Crippen LogP contribution in [0.25, 0.3) is 0 Å². The fraction of sp³-hybridized carbons (Fsp3) is 0.533. The molecule has 0 radical (unpaired) electrons. The second kappa shape index (κ2) is 5.11. The van der Waals surface area contributed by atoms with Crippen molar-refractivity contribution in [1.29, 1.82) is 0 Å². The molecule has 0 saturated heterocycles. The first kappa shape index (κ1) is 13.7. The van der Waals surface area contributed by atoms with Crippen LogP contribution in [-0.2, 0) is 16.0 Å². The quantitative estimate of drug-likeness (QED) is 0.604. The lowest BCUT2D eigenvalue weighted by Crippen LogP contribution is -2.31. The summed E-state index contributed by atoms with van der Waals surface area (Å²) in [7, 11) is 0. The zero-order valence-corrected chi connectivity index (χ0v) is 11.7. The number of aryl methyl sites for hydroxylation is 1. The van der Waals surface area contributed by atoms with Crippen molar-refractivity contribution in [2.45, 2.75) is 39.2 Å². The Labute approximate surface area is 113 Å². The molecule has 4 heteroatoms. The molecule has 0 amide bonds. The molecule has 19 heavy (non-hydrogen) atoms. The largest absolute Gasteiger partial charge is 0.508 e. The van der Waals surface area contributed by atoms with Crippen LogP contribution in [0.3, 0.4) is 0 Å². The molecule has 0 saturated carbocycles. The summed E-state index contributed by atoms with van der Waals surface area (Å²) in [5.74, 6) is -0.0398. The number of carbonyl (C=O) groups excluding carboxylic acids is 1. The van der Waals surface area contributed by atoms with Gasteiger partial charge in [-0.1, -0.05) is 0 Å². The minimum absolute atomic E-state index is 0.145. The minimum atomic E-state index is -0.450. The number of carbonyl (C=O) groups is 1. The molecule has 104 valence electrons. The Morgan fingerprint density at radius 3 is 2.84 bits per heavy atom. The second-order valence-electron chi connectivity index (χ2n) is 5.99. The number of nitrogens with one attached hydrogen (secondary N) is 1. The van der Waals surface area contributed by atoms with Gasteiger partial charge in [-0.05, 0) is 57.4 Å². The van der Waals surface area contributed by atoms with Gasteiger partial charge in [0.1, 0.15) is 11.4 Å². The van der Waals surface area contributed by atoms with Crippen molar-refractivity contribution < 1.29 is 14.6 Å². The number of phenolic OH excluding ortho intramolecular Hbond substituents is 1. The predicted molar refractivity (Wildman–Crippen MR) is 74.3 cm³/mol. The number of ether oxygens (including phenoxy) is 1. The van der Waals surface area contributed by atoms with E-state index < -0.39 is 5.60 Å². The van der Waals surface area contributed by atoms with Crippen molar-refractivity contribution in [2.75, 3.05) is 11.9 Å². The van der Waals surface area contributed by atoms with Crippen molar-refractivity contribution in [2.24, 2.45) is 5.92 Å². The first-order valence-corrected chi connectivity index (χ1v) is 6.64. The van der Waals surface area contributed by atoms with E-state index in [2.05, 4.69) is 5.32 Å². The Balaban J connectivity index is 2.05. The molecule has 1 aromatic carbocycles. The third-order valence-electron chi connectivity index (χ3n) is 3.13. The van der Waals surface area contributed by atoms with Gasteiger partial charge in [-0.2, -0.15) is 0 Å². The number of aromatic hydroxyl groups is 1. The highest BCUT2D eigenvalue weighted by Crippen LogP contribution is 2.28. The second-order valence-corrected chi connectivity index (χ2v) is 5.99. The van der Waals surface area contributed by atoms with Crippen LogP contribution in [0.1, 0.15) is 32.8 Å². The standard InChI is InChI=1S/C15H21NO3/c1-15(2,3)19-14(18)11-5-4-10-8-12(17)6-7-13(10)16-9-11/h6-8,11,16-17H,4-5,9H2,1-3H3. The smallest absolute Gasteiger partial charge is 0.311 e. The third-order valence-corrected chi connectivity index (χ3v) is 3.13. The van der Waals surface area contributed by atoms with E-state index in [-0.39, 0.29) is 17.6 Å². The van der Waals surface area contributed by atoms with Gasteiger partial charge in [0.25, 0.3) is 0 Å². The van der Waals surface area contributed by atoms with Crippen molar-refractivity contribution in [3.63, 3.8) is 0 Å². The summed E-state index contributed by atoms with van der Waals surface area (Å²) < 4.78 is 5.43. The van der Waals surface area contributed by atoms with Crippen LogP contribution < -0.4 is 5.32 Å². The van der Waals surface area contributed by atoms with E-state index in [0.717, 1.165) is 24.1 Å². The Morgan fingerprint density at radius 2 is 2.16 bits per heavy atom. The van der Waals surface area contributed by atoms with Gasteiger partial charge in [0.05, 0.1) is 5.92 Å². The summed E-state index contributed by atoms with van der Waals surface area (Å²) in [6, 6.07) is 5.25. The third kappa shape index (κ3) is 3.63. The number of rotatable bonds is 1. The van der Waals surface area contributed by atoms with Crippen LogP contribution in [0.5, 0.6) is 5.75 Å². The summed E-state index contributed by atoms with van der Waals surface area (Å²) in [5, 5.41) is 12.7. The molecule has 1 aromatic rings. The Morgan fingerprint density at radius 1 is 1.42 bits per heavy atom. The fourth-order valence-corrected chi connectivity index (χ4v) is 2.21. The average molecular weight is 263 g/mol. The van der Waals surface area contributed by atoms with Crippen LogP contribution in [-0.4, -0.2) is 23.2 Å². The molecule has 2 N–H and O–H groups in total. The maximum absolute atomic E-state index is 12.1. The Hall–Kier alpha value is -1.71. The topological polar surface area (TPSA) is 58.6 Å². The summed E-state index contributed by atoms with van der Waals surface area (Å²) in [6.45, 7) is 6.21. The van der Waals surface area contributed by atoms with Crippen LogP contribution in [0.4, 0.5) is 5.69 Å². The molecule has 0 bridgehead atoms. The molecule has 1 unspecified atom stereocenters. The number of hydrogen-bond donors (Lipinski definition) is 2. The van der Waals surface area contributed by atoms with E-state index in [1.165, 1.54) is 0 Å². The van der Waals surface area contributed by atoms with Gasteiger partial charge in [-0.15, -0.1) is 0 Å². The zero-order chi connectivity index (χ0) is 14.0. The van der Waals surface area contributed by atoms with Crippen LogP contribution in [0, 0.1) is 5.92 Å². The van der Waals surface area contributed by atoms with E-state index in [1.807, 2.05) is 26.8 Å².